The quantitative estimate of drug-likeness (QED) is 0.431. The second-order valence-corrected chi connectivity index (χ2v) is 12.9. The standard InChI is InChI=1S/C26H35F3N4O7S/c1-15-22(23(38-8)31-32(15)7)41(36,37)33-14-18(13-24(3,4)30-16(2)34)39-20-10-9-17(11-19(20)33)12-21(35)40-25(5,6)26(27,28)29/h9-11,18H,12-14H2,1-8H3,(H,30,34)/t18-/m0/s1. The third kappa shape index (κ3) is 6.88. The van der Waals surface area contributed by atoms with Crippen LogP contribution in [0.25, 0.3) is 0 Å². The average molecular weight is 605 g/mol. The number of esters is 1. The maximum Gasteiger partial charge on any atom is 0.427 e. The van der Waals surface area contributed by atoms with Gasteiger partial charge in [-0.05, 0) is 52.3 Å². The van der Waals surface area contributed by atoms with E-state index in [0.717, 1.165) is 18.2 Å². The normalized spacial score (nSPS) is 16.1. The maximum atomic E-state index is 14.1. The summed E-state index contributed by atoms with van der Waals surface area (Å²) in [7, 11) is -1.49. The van der Waals surface area contributed by atoms with E-state index in [4.69, 9.17) is 9.47 Å². The van der Waals surface area contributed by atoms with Crippen molar-refractivity contribution in [2.75, 3.05) is 18.0 Å². The van der Waals surface area contributed by atoms with Gasteiger partial charge in [-0.25, -0.2) is 8.42 Å². The number of nitrogens with one attached hydrogen (secondary N) is 1. The molecule has 0 spiro atoms. The molecular weight excluding hydrogens is 569 g/mol. The van der Waals surface area contributed by atoms with Gasteiger partial charge in [0, 0.05) is 25.9 Å². The number of carbonyl (C=O) groups excluding carboxylic acids is 2. The van der Waals surface area contributed by atoms with Crippen molar-refractivity contribution in [1.82, 2.24) is 15.1 Å². The van der Waals surface area contributed by atoms with Gasteiger partial charge < -0.3 is 19.5 Å². The molecule has 15 heteroatoms. The van der Waals surface area contributed by atoms with E-state index in [1.807, 2.05) is 0 Å². The van der Waals surface area contributed by atoms with E-state index >= 15 is 0 Å². The van der Waals surface area contributed by atoms with Gasteiger partial charge in [0.15, 0.2) is 4.90 Å². The largest absolute Gasteiger partial charge is 0.486 e. The fourth-order valence-electron chi connectivity index (χ4n) is 4.54. The van der Waals surface area contributed by atoms with Crippen molar-refractivity contribution in [2.24, 2.45) is 7.05 Å². The third-order valence-electron chi connectivity index (χ3n) is 6.60. The topological polar surface area (TPSA) is 129 Å². The van der Waals surface area contributed by atoms with Crippen molar-refractivity contribution in [3.63, 3.8) is 0 Å². The number of methoxy groups -OCH3 is 1. The SMILES string of the molecule is COc1nn(C)c(C)c1S(=O)(=O)N1C[C@H](CC(C)(C)NC(C)=O)Oc2ccc(CC(=O)OC(C)(C)C(F)(F)F)cc21. The van der Waals surface area contributed by atoms with Crippen LogP contribution in [0, 0.1) is 6.92 Å². The molecule has 1 atom stereocenters. The van der Waals surface area contributed by atoms with E-state index in [1.54, 1.807) is 27.8 Å². The highest BCUT2D eigenvalue weighted by molar-refractivity contribution is 7.93. The number of alkyl halides is 3. The number of hydrogen-bond acceptors (Lipinski definition) is 8. The van der Waals surface area contributed by atoms with E-state index in [1.165, 1.54) is 36.9 Å². The second kappa shape index (κ2) is 11.1. The van der Waals surface area contributed by atoms with Crippen LogP contribution in [-0.2, 0) is 37.8 Å². The molecule has 0 aliphatic carbocycles. The summed E-state index contributed by atoms with van der Waals surface area (Å²) in [6.07, 6.45) is -5.79. The van der Waals surface area contributed by atoms with Crippen molar-refractivity contribution >= 4 is 27.6 Å². The van der Waals surface area contributed by atoms with Crippen molar-refractivity contribution in [1.29, 1.82) is 0 Å². The minimum absolute atomic E-state index is 0.0734. The lowest BCUT2D eigenvalue weighted by molar-refractivity contribution is -0.257. The van der Waals surface area contributed by atoms with Crippen LogP contribution >= 0.6 is 0 Å². The fraction of sp³-hybridized carbons (Fsp3) is 0.577. The molecule has 3 rings (SSSR count). The van der Waals surface area contributed by atoms with Gasteiger partial charge in [0.2, 0.25) is 11.5 Å². The van der Waals surface area contributed by atoms with Gasteiger partial charge in [-0.15, -0.1) is 5.10 Å². The Balaban J connectivity index is 2.05. The van der Waals surface area contributed by atoms with Crippen LogP contribution in [-0.4, -0.2) is 67.1 Å². The molecule has 11 nitrogen and oxygen atoms in total. The highest BCUT2D eigenvalue weighted by Gasteiger charge is 2.50. The highest BCUT2D eigenvalue weighted by Crippen LogP contribution is 2.41. The smallest absolute Gasteiger partial charge is 0.427 e. The molecule has 0 saturated carbocycles. The number of amides is 1. The molecule has 1 aromatic carbocycles. The predicted octanol–water partition coefficient (Wildman–Crippen LogP) is 3.42. The number of carbonyl (C=O) groups is 2. The summed E-state index contributed by atoms with van der Waals surface area (Å²) >= 11 is 0. The number of benzene rings is 1. The molecule has 1 N–H and O–H groups in total. The Labute approximate surface area is 237 Å². The Hall–Kier alpha value is -3.49. The van der Waals surface area contributed by atoms with Crippen molar-refractivity contribution < 1.29 is 45.4 Å². The van der Waals surface area contributed by atoms with Crippen molar-refractivity contribution in [3.05, 3.63) is 29.5 Å². The molecule has 1 aliphatic rings. The lowest BCUT2D eigenvalue weighted by atomic mass is 9.95. The summed E-state index contributed by atoms with van der Waals surface area (Å²) in [5.74, 6) is -1.37. The average Bonchev–Trinajstić information content (AvgIpc) is 3.10. The van der Waals surface area contributed by atoms with E-state index in [9.17, 15) is 31.2 Å². The monoisotopic (exact) mass is 604 g/mol. The molecule has 0 saturated heterocycles. The maximum absolute atomic E-state index is 14.1. The number of nitrogens with zero attached hydrogens (tertiary/aromatic N) is 3. The van der Waals surface area contributed by atoms with E-state index in [0.29, 0.717) is 5.69 Å². The van der Waals surface area contributed by atoms with E-state index in [-0.39, 0.29) is 46.6 Å². The predicted molar refractivity (Wildman–Crippen MR) is 142 cm³/mol. The fourth-order valence-corrected chi connectivity index (χ4v) is 6.38. The second-order valence-electron chi connectivity index (χ2n) is 11.1. The van der Waals surface area contributed by atoms with E-state index < -0.39 is 45.8 Å². The number of rotatable bonds is 9. The van der Waals surface area contributed by atoms with Crippen LogP contribution in [0.1, 0.15) is 52.3 Å². The first-order valence-electron chi connectivity index (χ1n) is 12.7. The lowest BCUT2D eigenvalue weighted by Gasteiger charge is -2.39. The molecular formula is C26H35F3N4O7S. The number of ether oxygens (including phenoxy) is 3. The number of halogens is 3. The first-order chi connectivity index (χ1) is 18.7. The summed E-state index contributed by atoms with van der Waals surface area (Å²) in [5, 5.41) is 6.94. The number of anilines is 1. The molecule has 1 amide bonds. The van der Waals surface area contributed by atoms with Crippen LogP contribution < -0.4 is 19.1 Å². The summed E-state index contributed by atoms with van der Waals surface area (Å²) < 4.78 is 86.4. The number of sulfonamides is 1. The molecule has 0 bridgehead atoms. The van der Waals surface area contributed by atoms with Crippen molar-refractivity contribution in [3.8, 4) is 11.6 Å². The van der Waals surface area contributed by atoms with Gasteiger partial charge in [-0.2, -0.15) is 13.2 Å². The van der Waals surface area contributed by atoms with Crippen LogP contribution in [0.5, 0.6) is 11.6 Å². The lowest BCUT2D eigenvalue weighted by Crippen LogP contribution is -2.50. The van der Waals surface area contributed by atoms with Gasteiger partial charge in [0.25, 0.3) is 15.9 Å². The van der Waals surface area contributed by atoms with Gasteiger partial charge >= 0.3 is 12.1 Å². The first-order valence-corrected chi connectivity index (χ1v) is 14.1. The van der Waals surface area contributed by atoms with Crippen LogP contribution in [0.3, 0.4) is 0 Å². The van der Waals surface area contributed by atoms with Crippen molar-refractivity contribution in [2.45, 2.75) is 82.7 Å². The minimum atomic E-state index is -4.78. The third-order valence-corrected chi connectivity index (χ3v) is 8.51. The Morgan fingerprint density at radius 2 is 1.83 bits per heavy atom. The summed E-state index contributed by atoms with van der Waals surface area (Å²) in [6, 6.07) is 4.26. The van der Waals surface area contributed by atoms with Crippen LogP contribution in [0.2, 0.25) is 0 Å². The first kappa shape index (κ1) is 32.0. The zero-order valence-electron chi connectivity index (χ0n) is 24.2. The van der Waals surface area contributed by atoms with Crippen LogP contribution in [0.4, 0.5) is 18.9 Å². The minimum Gasteiger partial charge on any atom is -0.486 e. The molecule has 1 aromatic heterocycles. The van der Waals surface area contributed by atoms with Gasteiger partial charge in [-0.1, -0.05) is 6.07 Å². The number of fused-ring (bicyclic) bond motifs is 1. The highest BCUT2D eigenvalue weighted by atomic mass is 32.2. The Kier molecular flexibility index (Phi) is 8.64. The Morgan fingerprint density at radius 3 is 2.39 bits per heavy atom. The zero-order chi connectivity index (χ0) is 31.1. The van der Waals surface area contributed by atoms with Gasteiger partial charge in [0.05, 0.1) is 31.5 Å². The number of aromatic nitrogens is 2. The van der Waals surface area contributed by atoms with Gasteiger partial charge in [0.1, 0.15) is 11.9 Å². The molecule has 0 fully saturated rings. The number of aryl methyl sites for hydroxylation is 1. The van der Waals surface area contributed by atoms with Gasteiger partial charge in [-0.3, -0.25) is 18.6 Å². The summed E-state index contributed by atoms with van der Waals surface area (Å²) in [6.45, 7) is 7.80. The summed E-state index contributed by atoms with van der Waals surface area (Å²) in [4.78, 5) is 24.0. The Bertz CT molecular complexity index is 1440. The molecule has 0 unspecified atom stereocenters. The van der Waals surface area contributed by atoms with Crippen LogP contribution in [0.15, 0.2) is 23.1 Å². The molecule has 1 aliphatic heterocycles. The molecule has 2 aromatic rings. The Morgan fingerprint density at radius 1 is 1.20 bits per heavy atom. The molecule has 0 radical (unpaired) electrons. The molecule has 41 heavy (non-hydrogen) atoms. The zero-order valence-corrected chi connectivity index (χ0v) is 25.0. The summed E-state index contributed by atoms with van der Waals surface area (Å²) in [5.41, 5.74) is -2.87. The van der Waals surface area contributed by atoms with E-state index in [2.05, 4.69) is 15.2 Å². The molecule has 228 valence electrons. The molecule has 2 heterocycles. The number of hydrogen-bond donors (Lipinski definition) is 1.